The summed E-state index contributed by atoms with van der Waals surface area (Å²) < 4.78 is 46.5. The van der Waals surface area contributed by atoms with Crippen LogP contribution in [0.5, 0.6) is 0 Å². The van der Waals surface area contributed by atoms with Crippen LogP contribution >= 0.6 is 11.3 Å². The Labute approximate surface area is 430 Å². The van der Waals surface area contributed by atoms with Gasteiger partial charge in [0.15, 0.2) is 0 Å². The van der Waals surface area contributed by atoms with Crippen LogP contribution in [-0.4, -0.2) is 150 Å². The maximum Gasteiger partial charge on any atom is 0.406 e. The molecule has 4 aromatic rings. The number of nitrogens with one attached hydrogen (secondary N) is 2. The topological polar surface area (TPSA) is 100 Å². The molecule has 16 heteroatoms. The maximum atomic E-state index is 15.0. The number of halogens is 3. The Kier molecular flexibility index (Phi) is 15.9. The fourth-order valence-corrected chi connectivity index (χ4v) is 13.8. The van der Waals surface area contributed by atoms with E-state index in [1.807, 2.05) is 30.6 Å². The molecule has 0 saturated carbocycles. The van der Waals surface area contributed by atoms with E-state index < -0.39 is 18.8 Å². The molecule has 0 radical (unpaired) electrons. The Morgan fingerprint density at radius 2 is 1.85 bits per heavy atom. The molecule has 5 saturated heterocycles. The number of piperidine rings is 2. The number of nitrogens with zero attached hydrogens (tertiary/aromatic N) is 9. The number of anilines is 1. The Balaban J connectivity index is 1.07. The number of benzene rings is 1. The molecule has 0 bridgehead atoms. The molecule has 72 heavy (non-hydrogen) atoms. The number of hydrazine groups is 1. The number of hydrogen-bond donors (Lipinski definition) is 2. The Hall–Kier alpha value is -4.35. The molecule has 12 nitrogen and oxygen atoms in total. The summed E-state index contributed by atoms with van der Waals surface area (Å²) in [6, 6.07) is 7.76. The molecule has 3 aromatic heterocycles. The lowest BCUT2D eigenvalue weighted by atomic mass is 9.73. The lowest BCUT2D eigenvalue weighted by Crippen LogP contribution is -2.65. The van der Waals surface area contributed by atoms with Gasteiger partial charge in [0.1, 0.15) is 6.54 Å². The van der Waals surface area contributed by atoms with Crippen LogP contribution in [0.3, 0.4) is 0 Å². The molecule has 5 aliphatic rings. The third kappa shape index (κ3) is 11.6. The summed E-state index contributed by atoms with van der Waals surface area (Å²) in [5.41, 5.74) is 10.4. The van der Waals surface area contributed by atoms with Gasteiger partial charge in [0.05, 0.1) is 40.4 Å². The van der Waals surface area contributed by atoms with Crippen LogP contribution in [0.2, 0.25) is 0 Å². The zero-order chi connectivity index (χ0) is 51.0. The summed E-state index contributed by atoms with van der Waals surface area (Å²) in [6.07, 6.45) is 7.76. The first kappa shape index (κ1) is 52.5. The minimum Gasteiger partial charge on any atom is -0.367 e. The highest BCUT2D eigenvalue weighted by atomic mass is 32.1. The summed E-state index contributed by atoms with van der Waals surface area (Å²) in [4.78, 5) is 38.9. The van der Waals surface area contributed by atoms with Crippen molar-refractivity contribution < 1.29 is 18.0 Å². The van der Waals surface area contributed by atoms with E-state index in [4.69, 9.17) is 9.97 Å². The number of thiazole rings is 1. The Morgan fingerprint density at radius 1 is 1.04 bits per heavy atom. The number of aromatic nitrogens is 3. The number of carbonyl (C=O) groups excluding carboxylic acids is 1. The second-order valence-electron chi connectivity index (χ2n) is 23.1. The summed E-state index contributed by atoms with van der Waals surface area (Å²) >= 11 is 1.54. The van der Waals surface area contributed by atoms with Crippen LogP contribution in [0.15, 0.2) is 53.1 Å². The predicted octanol–water partition coefficient (Wildman–Crippen LogP) is 9.48. The van der Waals surface area contributed by atoms with Crippen molar-refractivity contribution in [1.82, 2.24) is 45.0 Å². The van der Waals surface area contributed by atoms with Gasteiger partial charge in [-0.1, -0.05) is 53.7 Å². The number of likely N-dealkylation sites (tertiary alicyclic amines) is 2. The smallest absolute Gasteiger partial charge is 0.367 e. The fraction of sp³-hybridized carbons (Fsp3) is 0.643. The molecular weight excluding hydrogens is 932 g/mol. The number of hydrogen-bond acceptors (Lipinski definition) is 11. The first-order valence-corrected chi connectivity index (χ1v) is 27.8. The zero-order valence-corrected chi connectivity index (χ0v) is 44.7. The molecule has 3 atom stereocenters. The van der Waals surface area contributed by atoms with Crippen molar-refractivity contribution in [2.45, 2.75) is 136 Å². The van der Waals surface area contributed by atoms with Crippen LogP contribution < -0.4 is 15.6 Å². The molecule has 0 aliphatic carbocycles. The van der Waals surface area contributed by atoms with Crippen molar-refractivity contribution in [3.8, 4) is 22.5 Å². The van der Waals surface area contributed by atoms with Gasteiger partial charge in [0, 0.05) is 116 Å². The highest BCUT2D eigenvalue weighted by Gasteiger charge is 2.47. The highest BCUT2D eigenvalue weighted by molar-refractivity contribution is 7.10. The molecule has 1 aromatic carbocycles. The van der Waals surface area contributed by atoms with Crippen molar-refractivity contribution in [2.24, 2.45) is 21.7 Å². The van der Waals surface area contributed by atoms with E-state index in [0.717, 1.165) is 147 Å². The SMILES string of the molecule is C=NCCC(C)(C)Cc1c(-c2cc(N3CCN4CCCCC4C3)cnc2CC)n(CC(F)(F)F)c2ccc(-c3csc(CC(NC(=O)C(C(C)C)N4CCCC5(CN(C)C5)C4)C(=C)N4CCCCN4)n3)cc12. The molecule has 1 spiro atoms. The van der Waals surface area contributed by atoms with Crippen LogP contribution in [0, 0.1) is 16.7 Å². The molecule has 5 fully saturated rings. The van der Waals surface area contributed by atoms with Crippen molar-refractivity contribution >= 4 is 40.6 Å². The molecule has 8 heterocycles. The molecule has 9 rings (SSSR count). The third-order valence-corrected chi connectivity index (χ3v) is 17.3. The third-order valence-electron chi connectivity index (χ3n) is 16.5. The number of aryl methyl sites for hydroxylation is 1. The first-order valence-electron chi connectivity index (χ1n) is 26.9. The number of carbonyl (C=O) groups is 1. The van der Waals surface area contributed by atoms with Crippen molar-refractivity contribution in [1.29, 1.82) is 0 Å². The lowest BCUT2D eigenvalue weighted by Gasteiger charge is -2.55. The zero-order valence-electron chi connectivity index (χ0n) is 43.9. The van der Waals surface area contributed by atoms with Crippen LogP contribution in [0.25, 0.3) is 33.4 Å². The van der Waals surface area contributed by atoms with E-state index in [-0.39, 0.29) is 28.7 Å². The second-order valence-corrected chi connectivity index (χ2v) is 24.0. The Morgan fingerprint density at radius 3 is 2.57 bits per heavy atom. The van der Waals surface area contributed by atoms with Crippen molar-refractivity contribution in [3.05, 3.63) is 64.4 Å². The number of aliphatic imine (C=N–C) groups is 1. The largest absolute Gasteiger partial charge is 0.406 e. The summed E-state index contributed by atoms with van der Waals surface area (Å²) in [5.74, 6) is 0.144. The summed E-state index contributed by atoms with van der Waals surface area (Å²) in [7, 11) is 2.18. The van der Waals surface area contributed by atoms with Crippen LogP contribution in [0.1, 0.15) is 102 Å². The monoisotopic (exact) mass is 1010 g/mol. The molecule has 5 aliphatic heterocycles. The minimum atomic E-state index is -4.48. The Bertz CT molecular complexity index is 2550. The van der Waals surface area contributed by atoms with Gasteiger partial charge in [0.2, 0.25) is 5.91 Å². The molecule has 3 unspecified atom stereocenters. The van der Waals surface area contributed by atoms with E-state index in [9.17, 15) is 4.79 Å². The van der Waals surface area contributed by atoms with E-state index in [1.165, 1.54) is 23.8 Å². The van der Waals surface area contributed by atoms with Crippen LogP contribution in [-0.2, 0) is 30.6 Å². The van der Waals surface area contributed by atoms with E-state index in [1.54, 1.807) is 11.3 Å². The number of piperazine rings is 1. The highest BCUT2D eigenvalue weighted by Crippen LogP contribution is 2.44. The molecule has 2 N–H and O–H groups in total. The van der Waals surface area contributed by atoms with Gasteiger partial charge in [-0.25, -0.2) is 10.4 Å². The lowest BCUT2D eigenvalue weighted by molar-refractivity contribution is -0.139. The van der Waals surface area contributed by atoms with Gasteiger partial charge in [-0.3, -0.25) is 19.6 Å². The molecular formula is C56H80F3N11OS. The van der Waals surface area contributed by atoms with Gasteiger partial charge in [-0.15, -0.1) is 11.3 Å². The van der Waals surface area contributed by atoms with Crippen molar-refractivity contribution in [2.75, 3.05) is 83.9 Å². The number of pyridine rings is 1. The van der Waals surface area contributed by atoms with Gasteiger partial charge < -0.3 is 29.7 Å². The number of fused-ring (bicyclic) bond motifs is 2. The first-order chi connectivity index (χ1) is 34.4. The van der Waals surface area contributed by atoms with Gasteiger partial charge in [0.25, 0.3) is 0 Å². The summed E-state index contributed by atoms with van der Waals surface area (Å²) in [6.45, 7) is 27.9. The quantitative estimate of drug-likeness (QED) is 0.0946. The summed E-state index contributed by atoms with van der Waals surface area (Å²) in [5, 5.41) is 9.27. The average Bonchev–Trinajstić information content (AvgIpc) is 3.93. The minimum absolute atomic E-state index is 0.0254. The van der Waals surface area contributed by atoms with Gasteiger partial charge in [-0.05, 0) is 120 Å². The fourth-order valence-electron chi connectivity index (χ4n) is 13.0. The van der Waals surface area contributed by atoms with E-state index in [2.05, 4.69) is 101 Å². The molecule has 392 valence electrons. The normalized spacial score (nSPS) is 21.2. The maximum absolute atomic E-state index is 15.0. The van der Waals surface area contributed by atoms with Gasteiger partial charge in [-0.2, -0.15) is 13.2 Å². The van der Waals surface area contributed by atoms with E-state index >= 15 is 13.2 Å². The molecule has 1 amide bonds. The number of amides is 1. The standard InChI is InChI=1S/C56H80F3N11OS/c1-9-46-44(28-42(31-61-46)67-26-25-66-22-12-10-15-41(66)32-67)52-45(30-54(5,6)19-21-60-7)43-27-40(16-17-49(43)69(52)37-56(57,58)59)48-33-72-50(63-48)29-47(39(4)70-24-13-11-20-62-70)64-53(71)51(38(2)3)68-23-14-18-55(36-68)34-65(8)35-55/h16-17,27-28,31,33,38,41,47,51,62H,4,7,9-15,18-26,29-30,32,34-37H2,1-3,5-6,8H3,(H,64,71). The second kappa shape index (κ2) is 21.9. The number of alkyl halides is 3. The van der Waals surface area contributed by atoms with E-state index in [0.29, 0.717) is 43.1 Å². The average molecular weight is 1010 g/mol. The van der Waals surface area contributed by atoms with Crippen molar-refractivity contribution in [3.63, 3.8) is 0 Å². The number of rotatable bonds is 18. The van der Waals surface area contributed by atoms with Gasteiger partial charge >= 0.3 is 6.18 Å². The van der Waals surface area contributed by atoms with Crippen LogP contribution in [0.4, 0.5) is 18.9 Å². The predicted molar refractivity (Wildman–Crippen MR) is 288 cm³/mol.